The summed E-state index contributed by atoms with van der Waals surface area (Å²) in [4.78, 5) is 12.5. The molecule has 4 rings (SSSR count). The van der Waals surface area contributed by atoms with Crippen molar-refractivity contribution in [1.82, 2.24) is 20.1 Å². The van der Waals surface area contributed by atoms with Crippen LogP contribution in [-0.4, -0.2) is 60.8 Å². The van der Waals surface area contributed by atoms with Gasteiger partial charge in [-0.3, -0.25) is 4.79 Å². The summed E-state index contributed by atoms with van der Waals surface area (Å²) >= 11 is 0. The molecule has 0 aromatic carbocycles. The molecule has 1 unspecified atom stereocenters. The van der Waals surface area contributed by atoms with Crippen LogP contribution in [0.4, 0.5) is 0 Å². The highest BCUT2D eigenvalue weighted by Gasteiger charge is 2.45. The zero-order chi connectivity index (χ0) is 20.4. The van der Waals surface area contributed by atoms with Crippen molar-refractivity contribution in [2.24, 2.45) is 5.92 Å². The monoisotopic (exact) mass is 424 g/mol. The van der Waals surface area contributed by atoms with E-state index in [4.69, 9.17) is 4.52 Å². The number of rotatable bonds is 6. The molecule has 0 aliphatic carbocycles. The van der Waals surface area contributed by atoms with Crippen molar-refractivity contribution in [1.29, 1.82) is 0 Å². The number of carbonyl (C=O) groups is 1. The summed E-state index contributed by atoms with van der Waals surface area (Å²) < 4.78 is 33.4. The van der Waals surface area contributed by atoms with Crippen LogP contribution in [0.15, 0.2) is 10.6 Å². The number of piperidine rings is 3. The lowest BCUT2D eigenvalue weighted by molar-refractivity contribution is 0.0788. The second-order valence-electron chi connectivity index (χ2n) is 8.71. The smallest absolute Gasteiger partial charge is 0.273 e. The van der Waals surface area contributed by atoms with Crippen molar-refractivity contribution >= 4 is 15.9 Å². The molecule has 1 amide bonds. The van der Waals surface area contributed by atoms with E-state index >= 15 is 0 Å². The number of nitrogens with zero attached hydrogens (tertiary/aromatic N) is 2. The first kappa shape index (κ1) is 20.8. The fraction of sp³-hybridized carbons (Fsp3) is 0.800. The van der Waals surface area contributed by atoms with Gasteiger partial charge in [0.05, 0.1) is 5.75 Å². The SMILES string of the molecule is CCc1cc(C(=O)NC2C[C@H]3CCC[C@@H](C2)N3S(=O)(=O)CC2CCNCC2)no1. The molecule has 3 fully saturated rings. The molecular weight excluding hydrogens is 392 g/mol. The summed E-state index contributed by atoms with van der Waals surface area (Å²) in [7, 11) is -3.28. The van der Waals surface area contributed by atoms with Crippen molar-refractivity contribution in [2.75, 3.05) is 18.8 Å². The third-order valence-corrected chi connectivity index (χ3v) is 8.74. The third kappa shape index (κ3) is 4.67. The minimum absolute atomic E-state index is 0.0111. The summed E-state index contributed by atoms with van der Waals surface area (Å²) in [5.74, 6) is 0.963. The number of carbonyl (C=O) groups excluding carboxylic acids is 1. The van der Waals surface area contributed by atoms with E-state index in [0.29, 0.717) is 30.7 Å². The fourth-order valence-corrected chi connectivity index (χ4v) is 7.58. The van der Waals surface area contributed by atoms with Gasteiger partial charge in [-0.1, -0.05) is 18.5 Å². The maximum atomic E-state index is 13.2. The number of nitrogens with one attached hydrogen (secondary N) is 2. The molecule has 3 aliphatic heterocycles. The molecule has 3 atom stereocenters. The molecular formula is C20H32N4O4S. The van der Waals surface area contributed by atoms with E-state index < -0.39 is 10.0 Å². The summed E-state index contributed by atoms with van der Waals surface area (Å²) in [5, 5.41) is 10.2. The number of hydrogen-bond donors (Lipinski definition) is 2. The Morgan fingerprint density at radius 1 is 1.24 bits per heavy atom. The van der Waals surface area contributed by atoms with Gasteiger partial charge in [0.25, 0.3) is 5.91 Å². The average molecular weight is 425 g/mol. The quantitative estimate of drug-likeness (QED) is 0.720. The summed E-state index contributed by atoms with van der Waals surface area (Å²) in [6, 6.07) is 1.63. The van der Waals surface area contributed by atoms with Gasteiger partial charge in [0, 0.05) is 30.6 Å². The Hall–Kier alpha value is -1.45. The molecule has 1 aromatic rings. The zero-order valence-corrected chi connectivity index (χ0v) is 17.9. The van der Waals surface area contributed by atoms with Crippen LogP contribution in [0.5, 0.6) is 0 Å². The Morgan fingerprint density at radius 2 is 1.93 bits per heavy atom. The van der Waals surface area contributed by atoms with Gasteiger partial charge in [0.15, 0.2) is 5.69 Å². The Kier molecular flexibility index (Phi) is 6.27. The van der Waals surface area contributed by atoms with Crippen LogP contribution >= 0.6 is 0 Å². The molecule has 29 heavy (non-hydrogen) atoms. The molecule has 9 heteroatoms. The van der Waals surface area contributed by atoms with E-state index in [-0.39, 0.29) is 35.7 Å². The minimum atomic E-state index is -3.28. The van der Waals surface area contributed by atoms with Crippen LogP contribution in [0, 0.1) is 5.92 Å². The Bertz CT molecular complexity index is 804. The van der Waals surface area contributed by atoms with Crippen LogP contribution in [0.25, 0.3) is 0 Å². The van der Waals surface area contributed by atoms with Gasteiger partial charge in [-0.05, 0) is 57.5 Å². The number of sulfonamides is 1. The van der Waals surface area contributed by atoms with E-state index in [1.54, 1.807) is 6.07 Å². The Labute approximate surface area is 172 Å². The number of fused-ring (bicyclic) bond motifs is 2. The van der Waals surface area contributed by atoms with E-state index in [2.05, 4.69) is 15.8 Å². The largest absolute Gasteiger partial charge is 0.361 e. The molecule has 2 bridgehead atoms. The zero-order valence-electron chi connectivity index (χ0n) is 17.1. The molecule has 8 nitrogen and oxygen atoms in total. The maximum Gasteiger partial charge on any atom is 0.273 e. The van der Waals surface area contributed by atoms with Crippen molar-refractivity contribution < 1.29 is 17.7 Å². The molecule has 2 N–H and O–H groups in total. The third-order valence-electron chi connectivity index (χ3n) is 6.61. The molecule has 4 heterocycles. The number of hydrogen-bond acceptors (Lipinski definition) is 6. The molecule has 0 saturated carbocycles. The first-order chi connectivity index (χ1) is 14.0. The first-order valence-electron chi connectivity index (χ1n) is 10.9. The Morgan fingerprint density at radius 3 is 2.55 bits per heavy atom. The van der Waals surface area contributed by atoms with Crippen LogP contribution in [-0.2, 0) is 16.4 Å². The standard InChI is InChI=1S/C20H32N4O4S/c1-2-18-12-19(23-28-18)20(25)22-15-10-16-4-3-5-17(11-15)24(16)29(26,27)13-14-6-8-21-9-7-14/h12,14-17,21H,2-11,13H2,1H3,(H,22,25)/t15?,16-,17+. The van der Waals surface area contributed by atoms with Gasteiger partial charge in [-0.2, -0.15) is 4.31 Å². The van der Waals surface area contributed by atoms with Gasteiger partial charge in [0.2, 0.25) is 10.0 Å². The summed E-state index contributed by atoms with van der Waals surface area (Å²) in [5.41, 5.74) is 0.299. The van der Waals surface area contributed by atoms with Crippen LogP contribution in [0.3, 0.4) is 0 Å². The van der Waals surface area contributed by atoms with E-state index in [1.165, 1.54) is 0 Å². The minimum Gasteiger partial charge on any atom is -0.361 e. The Balaban J connectivity index is 1.41. The van der Waals surface area contributed by atoms with Crippen molar-refractivity contribution in [3.05, 3.63) is 17.5 Å². The van der Waals surface area contributed by atoms with Gasteiger partial charge in [0.1, 0.15) is 5.76 Å². The fourth-order valence-electron chi connectivity index (χ4n) is 5.19. The molecule has 3 aliphatic rings. The highest BCUT2D eigenvalue weighted by molar-refractivity contribution is 7.89. The van der Waals surface area contributed by atoms with Crippen molar-refractivity contribution in [2.45, 2.75) is 76.4 Å². The number of amides is 1. The van der Waals surface area contributed by atoms with Crippen molar-refractivity contribution in [3.63, 3.8) is 0 Å². The summed E-state index contributed by atoms with van der Waals surface area (Å²) in [6.45, 7) is 3.76. The molecule has 0 spiro atoms. The van der Waals surface area contributed by atoms with Crippen LogP contribution < -0.4 is 10.6 Å². The molecule has 0 radical (unpaired) electrons. The lowest BCUT2D eigenvalue weighted by Crippen LogP contribution is -2.59. The van der Waals surface area contributed by atoms with Gasteiger partial charge >= 0.3 is 0 Å². The van der Waals surface area contributed by atoms with E-state index in [0.717, 1.165) is 45.2 Å². The second-order valence-corrected chi connectivity index (χ2v) is 10.6. The van der Waals surface area contributed by atoms with Crippen LogP contribution in [0.1, 0.15) is 68.1 Å². The van der Waals surface area contributed by atoms with E-state index in [1.807, 2.05) is 11.2 Å². The summed E-state index contributed by atoms with van der Waals surface area (Å²) in [6.07, 6.45) is 6.70. The second kappa shape index (κ2) is 8.73. The lowest BCUT2D eigenvalue weighted by Gasteiger charge is -2.48. The molecule has 3 saturated heterocycles. The molecule has 1 aromatic heterocycles. The maximum absolute atomic E-state index is 13.2. The number of aryl methyl sites for hydroxylation is 1. The normalized spacial score (nSPS) is 28.9. The predicted octanol–water partition coefficient (Wildman–Crippen LogP) is 1.68. The topological polar surface area (TPSA) is 105 Å². The predicted molar refractivity (Wildman–Crippen MR) is 109 cm³/mol. The van der Waals surface area contributed by atoms with Gasteiger partial charge in [-0.15, -0.1) is 0 Å². The molecule has 162 valence electrons. The van der Waals surface area contributed by atoms with Gasteiger partial charge < -0.3 is 15.2 Å². The van der Waals surface area contributed by atoms with E-state index in [9.17, 15) is 13.2 Å². The highest BCUT2D eigenvalue weighted by Crippen LogP contribution is 2.37. The first-order valence-corrected chi connectivity index (χ1v) is 12.6. The van der Waals surface area contributed by atoms with Crippen LogP contribution in [0.2, 0.25) is 0 Å². The highest BCUT2D eigenvalue weighted by atomic mass is 32.2. The average Bonchev–Trinajstić information content (AvgIpc) is 3.17. The number of aromatic nitrogens is 1. The van der Waals surface area contributed by atoms with Gasteiger partial charge in [-0.25, -0.2) is 8.42 Å². The lowest BCUT2D eigenvalue weighted by atomic mass is 9.84. The van der Waals surface area contributed by atoms with Crippen molar-refractivity contribution in [3.8, 4) is 0 Å².